The van der Waals surface area contributed by atoms with Crippen molar-refractivity contribution in [2.24, 2.45) is 5.92 Å². The summed E-state index contributed by atoms with van der Waals surface area (Å²) in [5.41, 5.74) is 5.66. The molecule has 34 heavy (non-hydrogen) atoms. The number of sulfonamides is 1. The van der Waals surface area contributed by atoms with Gasteiger partial charge in [-0.2, -0.15) is 4.72 Å². The zero-order valence-electron chi connectivity index (χ0n) is 19.3. The Hall–Kier alpha value is -3.16. The number of aryl methyl sites for hydroxylation is 2. The van der Waals surface area contributed by atoms with Gasteiger partial charge in [0.1, 0.15) is 18.4 Å². The van der Waals surface area contributed by atoms with E-state index in [1.54, 1.807) is 26.0 Å². The van der Waals surface area contributed by atoms with Gasteiger partial charge >= 0.3 is 5.97 Å². The van der Waals surface area contributed by atoms with Gasteiger partial charge in [0.25, 0.3) is 0 Å². The van der Waals surface area contributed by atoms with Crippen LogP contribution in [0.5, 0.6) is 5.75 Å². The lowest BCUT2D eigenvalue weighted by molar-refractivity contribution is -0.140. The van der Waals surface area contributed by atoms with Gasteiger partial charge in [-0.1, -0.05) is 56.3 Å². The number of carboxylic acids is 1. The van der Waals surface area contributed by atoms with Crippen molar-refractivity contribution >= 4 is 16.0 Å². The maximum atomic E-state index is 12.6. The van der Waals surface area contributed by atoms with Gasteiger partial charge in [0.15, 0.2) is 0 Å². The molecule has 1 aliphatic rings. The average Bonchev–Trinajstić information content (AvgIpc) is 3.29. The summed E-state index contributed by atoms with van der Waals surface area (Å²) < 4.78 is 33.5. The van der Waals surface area contributed by atoms with Gasteiger partial charge in [0.2, 0.25) is 10.0 Å². The van der Waals surface area contributed by atoms with E-state index in [2.05, 4.69) is 16.9 Å². The van der Waals surface area contributed by atoms with Crippen molar-refractivity contribution in [3.63, 3.8) is 0 Å². The van der Waals surface area contributed by atoms with E-state index in [0.717, 1.165) is 35.3 Å². The fourth-order valence-electron chi connectivity index (χ4n) is 4.13. The van der Waals surface area contributed by atoms with Crippen molar-refractivity contribution in [3.8, 4) is 16.9 Å². The first-order valence-electron chi connectivity index (χ1n) is 11.4. The minimum atomic E-state index is -3.94. The molecule has 1 aliphatic carbocycles. The fraction of sp³-hybridized carbons (Fsp3) is 0.296. The van der Waals surface area contributed by atoms with E-state index >= 15 is 0 Å². The molecule has 0 fully saturated rings. The van der Waals surface area contributed by atoms with Crippen molar-refractivity contribution in [1.29, 1.82) is 0 Å². The van der Waals surface area contributed by atoms with Crippen LogP contribution in [0.25, 0.3) is 11.1 Å². The summed E-state index contributed by atoms with van der Waals surface area (Å²) in [6.07, 6.45) is 3.49. The number of nitrogens with one attached hydrogen (secondary N) is 1. The van der Waals surface area contributed by atoms with E-state index in [1.807, 2.05) is 30.3 Å². The smallest absolute Gasteiger partial charge is 0.322 e. The summed E-state index contributed by atoms with van der Waals surface area (Å²) in [6.45, 7) is 3.79. The van der Waals surface area contributed by atoms with E-state index in [1.165, 1.54) is 29.7 Å². The molecule has 178 valence electrons. The van der Waals surface area contributed by atoms with Gasteiger partial charge in [-0.25, -0.2) is 8.42 Å². The molecule has 0 bridgehead atoms. The van der Waals surface area contributed by atoms with Crippen molar-refractivity contribution in [2.75, 3.05) is 0 Å². The lowest BCUT2D eigenvalue weighted by Gasteiger charge is -2.18. The quantitative estimate of drug-likeness (QED) is 0.460. The first-order chi connectivity index (χ1) is 16.2. The minimum Gasteiger partial charge on any atom is -0.489 e. The molecule has 0 heterocycles. The van der Waals surface area contributed by atoms with Gasteiger partial charge in [-0.05, 0) is 77.3 Å². The minimum absolute atomic E-state index is 0.0301. The topological polar surface area (TPSA) is 92.7 Å². The largest absolute Gasteiger partial charge is 0.489 e. The average molecular weight is 480 g/mol. The molecule has 0 aromatic heterocycles. The second kappa shape index (κ2) is 9.99. The molecule has 0 amide bonds. The molecule has 0 spiro atoms. The second-order valence-electron chi connectivity index (χ2n) is 8.98. The van der Waals surface area contributed by atoms with Crippen LogP contribution in [0.1, 0.15) is 37.0 Å². The van der Waals surface area contributed by atoms with Gasteiger partial charge in [-0.3, -0.25) is 4.79 Å². The molecule has 0 saturated carbocycles. The van der Waals surface area contributed by atoms with Gasteiger partial charge in [0, 0.05) is 0 Å². The highest BCUT2D eigenvalue weighted by molar-refractivity contribution is 7.89. The van der Waals surface area contributed by atoms with E-state index in [0.29, 0.717) is 6.61 Å². The van der Waals surface area contributed by atoms with E-state index in [-0.39, 0.29) is 10.8 Å². The summed E-state index contributed by atoms with van der Waals surface area (Å²) >= 11 is 0. The number of ether oxygens (including phenoxy) is 1. The molecule has 1 atom stereocenters. The van der Waals surface area contributed by atoms with Crippen molar-refractivity contribution in [1.82, 2.24) is 4.72 Å². The monoisotopic (exact) mass is 479 g/mol. The Labute approximate surface area is 200 Å². The maximum Gasteiger partial charge on any atom is 0.322 e. The van der Waals surface area contributed by atoms with Crippen LogP contribution in [-0.2, 0) is 34.3 Å². The van der Waals surface area contributed by atoms with Gasteiger partial charge in [-0.15, -0.1) is 0 Å². The van der Waals surface area contributed by atoms with E-state index < -0.39 is 22.0 Å². The number of benzene rings is 3. The normalized spacial score (nSPS) is 14.1. The molecule has 7 heteroatoms. The molecule has 0 saturated heterocycles. The zero-order valence-corrected chi connectivity index (χ0v) is 20.1. The van der Waals surface area contributed by atoms with Crippen LogP contribution in [0.15, 0.2) is 71.6 Å². The van der Waals surface area contributed by atoms with Crippen molar-refractivity contribution in [2.45, 2.75) is 50.7 Å². The molecule has 3 aromatic rings. The summed E-state index contributed by atoms with van der Waals surface area (Å²) in [4.78, 5) is 11.4. The van der Waals surface area contributed by atoms with Crippen LogP contribution in [0.4, 0.5) is 0 Å². The van der Waals surface area contributed by atoms with Crippen LogP contribution in [-0.4, -0.2) is 25.5 Å². The third-order valence-electron chi connectivity index (χ3n) is 6.14. The molecule has 0 unspecified atom stereocenters. The Bertz CT molecular complexity index is 1270. The standard InChI is InChI=1S/C27H29NO5S/c1-18(2)26(27(29)30)28-34(31,32)25-14-11-22(12-15-25)21-8-6-19(7-9-21)17-33-24-13-10-20-4-3-5-23(20)16-24/h6-16,18,26,28H,3-5,17H2,1-2H3,(H,29,30)/t26-/m1/s1. The molecular weight excluding hydrogens is 450 g/mol. The Balaban J connectivity index is 1.40. The van der Waals surface area contributed by atoms with Crippen LogP contribution in [0, 0.1) is 5.92 Å². The highest BCUT2D eigenvalue weighted by Gasteiger charge is 2.28. The molecule has 0 aliphatic heterocycles. The summed E-state index contributed by atoms with van der Waals surface area (Å²) in [6, 6.07) is 19.5. The van der Waals surface area contributed by atoms with Gasteiger partial charge < -0.3 is 9.84 Å². The molecule has 2 N–H and O–H groups in total. The zero-order chi connectivity index (χ0) is 24.3. The number of hydrogen-bond acceptors (Lipinski definition) is 4. The maximum absolute atomic E-state index is 12.6. The van der Waals surface area contributed by atoms with E-state index in [4.69, 9.17) is 4.74 Å². The Morgan fingerprint density at radius 3 is 2.18 bits per heavy atom. The van der Waals surface area contributed by atoms with Crippen LogP contribution in [0.3, 0.4) is 0 Å². The Kier molecular flexibility index (Phi) is 7.05. The number of carbonyl (C=O) groups is 1. The fourth-order valence-corrected chi connectivity index (χ4v) is 5.47. The van der Waals surface area contributed by atoms with Crippen molar-refractivity contribution < 1.29 is 23.1 Å². The van der Waals surface area contributed by atoms with Crippen LogP contribution < -0.4 is 9.46 Å². The predicted molar refractivity (Wildman–Crippen MR) is 131 cm³/mol. The Morgan fingerprint density at radius 1 is 0.941 bits per heavy atom. The summed E-state index contributed by atoms with van der Waals surface area (Å²) in [5.74, 6) is -0.690. The first-order valence-corrected chi connectivity index (χ1v) is 12.9. The lowest BCUT2D eigenvalue weighted by atomic mass is 10.0. The van der Waals surface area contributed by atoms with Crippen molar-refractivity contribution in [3.05, 3.63) is 83.4 Å². The highest BCUT2D eigenvalue weighted by atomic mass is 32.2. The highest BCUT2D eigenvalue weighted by Crippen LogP contribution is 2.27. The summed E-state index contributed by atoms with van der Waals surface area (Å²) in [7, 11) is -3.94. The third-order valence-corrected chi connectivity index (χ3v) is 7.60. The summed E-state index contributed by atoms with van der Waals surface area (Å²) in [5, 5.41) is 9.27. The SMILES string of the molecule is CC(C)[C@@H](NS(=O)(=O)c1ccc(-c2ccc(COc3ccc4c(c3)CCC4)cc2)cc1)C(=O)O. The number of rotatable bonds is 9. The number of carboxylic acid groups (broad SMARTS) is 1. The third kappa shape index (κ3) is 5.48. The number of hydrogen-bond donors (Lipinski definition) is 2. The number of fused-ring (bicyclic) bond motifs is 1. The lowest BCUT2D eigenvalue weighted by Crippen LogP contribution is -2.44. The van der Waals surface area contributed by atoms with Crippen LogP contribution >= 0.6 is 0 Å². The van der Waals surface area contributed by atoms with Crippen LogP contribution in [0.2, 0.25) is 0 Å². The van der Waals surface area contributed by atoms with E-state index in [9.17, 15) is 18.3 Å². The molecule has 3 aromatic carbocycles. The predicted octanol–water partition coefficient (Wildman–Crippen LogP) is 4.81. The second-order valence-corrected chi connectivity index (χ2v) is 10.7. The first kappa shape index (κ1) is 24.0. The Morgan fingerprint density at radius 2 is 1.56 bits per heavy atom. The molecule has 6 nitrogen and oxygen atoms in total. The number of aliphatic carboxylic acids is 1. The molecule has 0 radical (unpaired) electrons. The molecular formula is C27H29NO5S. The van der Waals surface area contributed by atoms with Gasteiger partial charge in [0.05, 0.1) is 4.90 Å². The molecule has 4 rings (SSSR count).